The minimum absolute atomic E-state index is 0.309. The maximum atomic E-state index is 13.9. The van der Waals surface area contributed by atoms with Gasteiger partial charge in [0.25, 0.3) is 6.43 Å². The third-order valence-corrected chi connectivity index (χ3v) is 6.85. The number of para-hydroxylation sites is 2. The number of hydrogen-bond donors (Lipinski definition) is 2. The van der Waals surface area contributed by atoms with Crippen molar-refractivity contribution in [2.75, 3.05) is 56.4 Å². The SMILES string of the molecule is FC(F)c1nc2ccccc2n1-c1cc(N2CCOCC2)nc(NCC2CCCCC2)n1.FCC(CF)NF. The molecule has 0 atom stereocenters. The van der Waals surface area contributed by atoms with Gasteiger partial charge < -0.3 is 15.0 Å². The lowest BCUT2D eigenvalue weighted by Gasteiger charge is -2.28. The van der Waals surface area contributed by atoms with E-state index in [0.29, 0.717) is 60.8 Å². The van der Waals surface area contributed by atoms with Crippen molar-refractivity contribution in [3.63, 3.8) is 0 Å². The number of halogens is 5. The van der Waals surface area contributed by atoms with Crippen molar-refractivity contribution in [1.82, 2.24) is 25.1 Å². The molecule has 13 heteroatoms. The second-order valence-electron chi connectivity index (χ2n) is 9.60. The molecule has 0 bridgehead atoms. The van der Waals surface area contributed by atoms with Gasteiger partial charge in [-0.2, -0.15) is 15.5 Å². The second-order valence-corrected chi connectivity index (χ2v) is 9.60. The van der Waals surface area contributed by atoms with Gasteiger partial charge in [-0.25, -0.2) is 22.5 Å². The molecular weight excluding hydrogens is 521 g/mol. The zero-order valence-electron chi connectivity index (χ0n) is 21.6. The molecule has 0 spiro atoms. The third kappa shape index (κ3) is 7.53. The maximum absolute atomic E-state index is 13.9. The van der Waals surface area contributed by atoms with E-state index in [9.17, 15) is 22.0 Å². The third-order valence-electron chi connectivity index (χ3n) is 6.85. The summed E-state index contributed by atoms with van der Waals surface area (Å²) in [5.41, 5.74) is 2.08. The summed E-state index contributed by atoms with van der Waals surface area (Å²) in [6.07, 6.45) is 3.49. The number of ether oxygens (including phenoxy) is 1. The predicted octanol–water partition coefficient (Wildman–Crippen LogP) is 5.35. The van der Waals surface area contributed by atoms with E-state index < -0.39 is 25.8 Å². The number of aromatic nitrogens is 4. The largest absolute Gasteiger partial charge is 0.378 e. The van der Waals surface area contributed by atoms with Gasteiger partial charge in [-0.05, 0) is 30.9 Å². The van der Waals surface area contributed by atoms with Gasteiger partial charge in [0.1, 0.15) is 25.0 Å². The zero-order valence-corrected chi connectivity index (χ0v) is 21.6. The molecule has 2 aliphatic rings. The van der Waals surface area contributed by atoms with Crippen LogP contribution in [0.4, 0.5) is 33.8 Å². The molecule has 1 saturated carbocycles. The minimum atomic E-state index is -2.72. The van der Waals surface area contributed by atoms with Crippen LogP contribution in [0.15, 0.2) is 30.3 Å². The molecule has 2 fully saturated rings. The molecule has 0 unspecified atom stereocenters. The molecule has 0 amide bonds. The quantitative estimate of drug-likeness (QED) is 0.272. The van der Waals surface area contributed by atoms with Gasteiger partial charge in [0.15, 0.2) is 5.82 Å². The number of rotatable bonds is 9. The lowest BCUT2D eigenvalue weighted by Crippen LogP contribution is -2.37. The molecule has 2 aromatic heterocycles. The smallest absolute Gasteiger partial charge is 0.296 e. The average Bonchev–Trinajstić information content (AvgIpc) is 3.38. The zero-order chi connectivity index (χ0) is 27.6. The van der Waals surface area contributed by atoms with Gasteiger partial charge in [0.05, 0.1) is 30.3 Å². The molecule has 3 aromatic rings. The van der Waals surface area contributed by atoms with Gasteiger partial charge >= 0.3 is 0 Å². The highest BCUT2D eigenvalue weighted by Crippen LogP contribution is 2.30. The van der Waals surface area contributed by atoms with Crippen LogP contribution in [0.2, 0.25) is 0 Å². The topological polar surface area (TPSA) is 80.1 Å². The molecule has 214 valence electrons. The number of fused-ring (bicyclic) bond motifs is 1. The first-order valence-electron chi connectivity index (χ1n) is 13.2. The van der Waals surface area contributed by atoms with Gasteiger partial charge in [0.2, 0.25) is 5.95 Å². The Bertz CT molecular complexity index is 1160. The number of imidazole rings is 1. The Hall–Kier alpha value is -3.06. The Morgan fingerprint density at radius 3 is 2.28 bits per heavy atom. The van der Waals surface area contributed by atoms with Crippen LogP contribution in [0.3, 0.4) is 0 Å². The minimum Gasteiger partial charge on any atom is -0.378 e. The van der Waals surface area contributed by atoms with Crippen molar-refractivity contribution in [2.45, 2.75) is 44.6 Å². The Labute approximate surface area is 223 Å². The second kappa shape index (κ2) is 14.4. The number of benzene rings is 1. The first kappa shape index (κ1) is 28.9. The number of nitrogens with zero attached hydrogens (tertiary/aromatic N) is 5. The molecule has 1 aliphatic carbocycles. The highest BCUT2D eigenvalue weighted by atomic mass is 19.3. The number of morpholine rings is 1. The fourth-order valence-corrected chi connectivity index (χ4v) is 4.73. The molecule has 1 aromatic carbocycles. The summed E-state index contributed by atoms with van der Waals surface area (Å²) in [5, 5.41) is 3.39. The summed E-state index contributed by atoms with van der Waals surface area (Å²) >= 11 is 0. The van der Waals surface area contributed by atoms with E-state index in [2.05, 4.69) is 20.2 Å². The van der Waals surface area contributed by atoms with E-state index in [1.807, 2.05) is 6.07 Å². The predicted molar refractivity (Wildman–Crippen MR) is 140 cm³/mol. The van der Waals surface area contributed by atoms with Crippen molar-refractivity contribution < 1.29 is 26.8 Å². The molecule has 1 saturated heterocycles. The van der Waals surface area contributed by atoms with Crippen LogP contribution in [-0.2, 0) is 4.74 Å². The molecule has 2 N–H and O–H groups in total. The summed E-state index contributed by atoms with van der Waals surface area (Å²) in [6, 6.07) is 7.66. The number of hydrogen-bond acceptors (Lipinski definition) is 7. The van der Waals surface area contributed by atoms with Crippen LogP contribution in [0, 0.1) is 5.92 Å². The Kier molecular flexibility index (Phi) is 10.7. The molecular formula is C26H34F5N7O. The maximum Gasteiger partial charge on any atom is 0.296 e. The lowest BCUT2D eigenvalue weighted by molar-refractivity contribution is 0.122. The van der Waals surface area contributed by atoms with Gasteiger partial charge in [-0.15, -0.1) is 4.48 Å². The summed E-state index contributed by atoms with van der Waals surface area (Å²) in [4.78, 5) is 15.7. The number of anilines is 2. The summed E-state index contributed by atoms with van der Waals surface area (Å²) in [5.74, 6) is 1.86. The van der Waals surface area contributed by atoms with Crippen molar-refractivity contribution in [3.05, 3.63) is 36.2 Å². The molecule has 1 aliphatic heterocycles. The fourth-order valence-electron chi connectivity index (χ4n) is 4.73. The van der Waals surface area contributed by atoms with E-state index in [0.717, 1.165) is 12.1 Å². The first-order chi connectivity index (χ1) is 19.0. The van der Waals surface area contributed by atoms with Gasteiger partial charge in [-0.1, -0.05) is 31.4 Å². The number of nitrogens with one attached hydrogen (secondary N) is 2. The lowest BCUT2D eigenvalue weighted by atomic mass is 9.89. The number of alkyl halides is 4. The van der Waals surface area contributed by atoms with Crippen LogP contribution in [0.1, 0.15) is 44.4 Å². The van der Waals surface area contributed by atoms with Gasteiger partial charge in [0, 0.05) is 25.7 Å². The highest BCUT2D eigenvalue weighted by Gasteiger charge is 2.23. The Balaban J connectivity index is 0.000000448. The van der Waals surface area contributed by atoms with E-state index in [1.54, 1.807) is 24.3 Å². The van der Waals surface area contributed by atoms with E-state index >= 15 is 0 Å². The van der Waals surface area contributed by atoms with E-state index in [1.165, 1.54) is 36.7 Å². The van der Waals surface area contributed by atoms with Crippen LogP contribution in [0.25, 0.3) is 16.9 Å². The van der Waals surface area contributed by atoms with Crippen molar-refractivity contribution in [2.24, 2.45) is 5.92 Å². The summed E-state index contributed by atoms with van der Waals surface area (Å²) in [7, 11) is 0. The summed E-state index contributed by atoms with van der Waals surface area (Å²) < 4.78 is 67.9. The van der Waals surface area contributed by atoms with Crippen LogP contribution in [-0.4, -0.2) is 71.8 Å². The first-order valence-corrected chi connectivity index (χ1v) is 13.2. The molecule has 5 rings (SSSR count). The Morgan fingerprint density at radius 2 is 1.64 bits per heavy atom. The van der Waals surface area contributed by atoms with Gasteiger partial charge in [-0.3, -0.25) is 4.57 Å². The van der Waals surface area contributed by atoms with Crippen molar-refractivity contribution in [1.29, 1.82) is 0 Å². The van der Waals surface area contributed by atoms with Crippen LogP contribution < -0.4 is 15.8 Å². The summed E-state index contributed by atoms with van der Waals surface area (Å²) in [6.45, 7) is 1.40. The van der Waals surface area contributed by atoms with Crippen molar-refractivity contribution >= 4 is 22.8 Å². The normalized spacial score (nSPS) is 16.5. The van der Waals surface area contributed by atoms with E-state index in [-0.39, 0.29) is 5.82 Å². The molecule has 3 heterocycles. The average molecular weight is 556 g/mol. The standard InChI is InChI=1S/C23H28F2N6O.C3H6F3N/c24-21(25)22-27-17-8-4-5-9-18(17)31(22)20-14-19(30-10-12-32-13-11-30)28-23(29-20)26-15-16-6-2-1-3-7-16;4-1-3(2-5)7-6/h4-5,8-9,14,16,21H,1-3,6-7,10-13,15H2,(H,26,28,29);3,7H,1-2H2. The van der Waals surface area contributed by atoms with Crippen molar-refractivity contribution in [3.8, 4) is 5.82 Å². The Morgan fingerprint density at radius 1 is 0.949 bits per heavy atom. The fraction of sp³-hybridized carbons (Fsp3) is 0.577. The van der Waals surface area contributed by atoms with Crippen LogP contribution >= 0.6 is 0 Å². The van der Waals surface area contributed by atoms with E-state index in [4.69, 9.17) is 9.72 Å². The van der Waals surface area contributed by atoms with Crippen LogP contribution in [0.5, 0.6) is 0 Å². The molecule has 8 nitrogen and oxygen atoms in total. The molecule has 0 radical (unpaired) electrons. The molecule has 39 heavy (non-hydrogen) atoms. The monoisotopic (exact) mass is 555 g/mol. The highest BCUT2D eigenvalue weighted by molar-refractivity contribution is 5.78.